The van der Waals surface area contributed by atoms with Crippen LogP contribution in [0.5, 0.6) is 11.5 Å². The van der Waals surface area contributed by atoms with Gasteiger partial charge in [0, 0.05) is 0 Å². The minimum Gasteiger partial charge on any atom is -0.508 e. The van der Waals surface area contributed by atoms with E-state index in [0.29, 0.717) is 6.29 Å². The van der Waals surface area contributed by atoms with Crippen LogP contribution >= 0.6 is 0 Å². The van der Waals surface area contributed by atoms with E-state index in [9.17, 15) is 15.0 Å². The van der Waals surface area contributed by atoms with Gasteiger partial charge in [-0.2, -0.15) is 0 Å². The van der Waals surface area contributed by atoms with Crippen LogP contribution < -0.4 is 0 Å². The summed E-state index contributed by atoms with van der Waals surface area (Å²) in [6, 6.07) is 30.9. The van der Waals surface area contributed by atoms with Crippen LogP contribution in [0.25, 0.3) is 0 Å². The number of benzene rings is 4. The average Bonchev–Trinajstić information content (AvgIpc) is 2.82. The first kappa shape index (κ1) is 20.4. The van der Waals surface area contributed by atoms with E-state index < -0.39 is 5.41 Å². The third-order valence-corrected chi connectivity index (χ3v) is 5.89. The highest BCUT2D eigenvalue weighted by Gasteiger charge is 2.38. The number of hydrogen-bond acceptors (Lipinski definition) is 3. The first-order chi connectivity index (χ1) is 15.1. The van der Waals surface area contributed by atoms with Crippen molar-refractivity contribution in [3.8, 4) is 11.5 Å². The summed E-state index contributed by atoms with van der Waals surface area (Å²) < 4.78 is 0. The summed E-state index contributed by atoms with van der Waals surface area (Å²) in [5.41, 5.74) is 4.58. The van der Waals surface area contributed by atoms with Crippen LogP contribution in [0.4, 0.5) is 0 Å². The second-order valence-corrected chi connectivity index (χ2v) is 7.60. The molecule has 0 bridgehead atoms. The average molecular weight is 408 g/mol. The van der Waals surface area contributed by atoms with Gasteiger partial charge in [-0.15, -0.1) is 0 Å². The highest BCUT2D eigenvalue weighted by atomic mass is 16.3. The summed E-state index contributed by atoms with van der Waals surface area (Å²) in [5, 5.41) is 20.1. The molecule has 2 N–H and O–H groups in total. The molecule has 4 rings (SSSR count). The van der Waals surface area contributed by atoms with Crippen LogP contribution in [0, 0.1) is 0 Å². The Bertz CT molecular complexity index is 1180. The van der Waals surface area contributed by atoms with Crippen molar-refractivity contribution < 1.29 is 15.0 Å². The summed E-state index contributed by atoms with van der Waals surface area (Å²) in [5.74, 6) is 0.138. The van der Waals surface area contributed by atoms with Gasteiger partial charge in [-0.1, -0.05) is 79.7 Å². The number of phenolic OH excluding ortho intramolecular Hbond substituents is 2. The zero-order valence-electron chi connectivity index (χ0n) is 17.3. The molecule has 0 saturated carbocycles. The van der Waals surface area contributed by atoms with Gasteiger partial charge in [-0.3, -0.25) is 4.79 Å². The molecule has 1 unspecified atom stereocenters. The Kier molecular flexibility index (Phi) is 5.59. The molecule has 0 radical (unpaired) electrons. The van der Waals surface area contributed by atoms with Crippen LogP contribution in [0.3, 0.4) is 0 Å². The Morgan fingerprint density at radius 1 is 0.710 bits per heavy atom. The second kappa shape index (κ2) is 8.49. The van der Waals surface area contributed by atoms with Gasteiger partial charge in [0.1, 0.15) is 11.5 Å². The Labute approximate surface area is 182 Å². The van der Waals surface area contributed by atoms with Gasteiger partial charge in [0.2, 0.25) is 0 Å². The standard InChI is InChI=1S/C28H24O3/c1-2-20-8-10-23(11-9-20)28(22-6-4-3-5-7-22,24-12-15-26(30)16-13-24)25-14-17-27(31)21(18-25)19-29/h3-19,30-31H,2H2,1H3. The van der Waals surface area contributed by atoms with Gasteiger partial charge in [0.05, 0.1) is 11.0 Å². The SMILES string of the molecule is CCc1ccc(C(c2ccccc2)(c2ccc(O)cc2)c2ccc(O)c(C=O)c2)cc1. The van der Waals surface area contributed by atoms with Crippen LogP contribution in [0.1, 0.15) is 45.1 Å². The Hall–Kier alpha value is -3.85. The number of carbonyl (C=O) groups excluding carboxylic acids is 1. The first-order valence-electron chi connectivity index (χ1n) is 10.3. The van der Waals surface area contributed by atoms with E-state index in [-0.39, 0.29) is 17.1 Å². The molecule has 0 aliphatic rings. The van der Waals surface area contributed by atoms with E-state index in [2.05, 4.69) is 43.3 Å². The molecule has 1 atom stereocenters. The molecule has 0 amide bonds. The molecule has 4 aromatic carbocycles. The van der Waals surface area contributed by atoms with Gasteiger partial charge in [-0.25, -0.2) is 0 Å². The Balaban J connectivity index is 2.13. The molecule has 0 heterocycles. The molecule has 0 saturated heterocycles. The Morgan fingerprint density at radius 2 is 1.26 bits per heavy atom. The van der Waals surface area contributed by atoms with Crippen molar-refractivity contribution in [3.05, 3.63) is 130 Å². The van der Waals surface area contributed by atoms with Crippen LogP contribution in [0.15, 0.2) is 97.1 Å². The number of carbonyl (C=O) groups is 1. The highest BCUT2D eigenvalue weighted by molar-refractivity contribution is 5.80. The van der Waals surface area contributed by atoms with Gasteiger partial charge in [0.25, 0.3) is 0 Å². The third kappa shape index (κ3) is 3.59. The van der Waals surface area contributed by atoms with E-state index in [1.165, 1.54) is 5.56 Å². The quantitative estimate of drug-likeness (QED) is 0.311. The van der Waals surface area contributed by atoms with Crippen molar-refractivity contribution in [2.24, 2.45) is 0 Å². The molecular formula is C28H24O3. The smallest absolute Gasteiger partial charge is 0.153 e. The summed E-state index contributed by atoms with van der Waals surface area (Å²) in [7, 11) is 0. The van der Waals surface area contributed by atoms with E-state index in [1.54, 1.807) is 24.3 Å². The lowest BCUT2D eigenvalue weighted by atomic mass is 9.65. The summed E-state index contributed by atoms with van der Waals surface area (Å²) in [6.45, 7) is 2.12. The lowest BCUT2D eigenvalue weighted by molar-refractivity contribution is 0.112. The fraction of sp³-hybridized carbons (Fsp3) is 0.107. The number of hydrogen-bond donors (Lipinski definition) is 2. The monoisotopic (exact) mass is 408 g/mol. The number of rotatable bonds is 6. The number of aldehydes is 1. The van der Waals surface area contributed by atoms with Crippen LogP contribution in [0.2, 0.25) is 0 Å². The van der Waals surface area contributed by atoms with E-state index in [4.69, 9.17) is 0 Å². The largest absolute Gasteiger partial charge is 0.508 e. The fourth-order valence-corrected chi connectivity index (χ4v) is 4.27. The maximum Gasteiger partial charge on any atom is 0.153 e. The van der Waals surface area contributed by atoms with Crippen molar-refractivity contribution in [2.75, 3.05) is 0 Å². The van der Waals surface area contributed by atoms with Crippen LogP contribution in [-0.4, -0.2) is 16.5 Å². The zero-order chi connectivity index (χ0) is 21.8. The predicted molar refractivity (Wildman–Crippen MR) is 123 cm³/mol. The molecule has 0 fully saturated rings. The molecule has 3 heteroatoms. The third-order valence-electron chi connectivity index (χ3n) is 5.89. The maximum atomic E-state index is 11.7. The fourth-order valence-electron chi connectivity index (χ4n) is 4.27. The Morgan fingerprint density at radius 3 is 1.84 bits per heavy atom. The number of phenols is 2. The molecule has 4 aromatic rings. The van der Waals surface area contributed by atoms with Gasteiger partial charge < -0.3 is 10.2 Å². The molecule has 0 aromatic heterocycles. The minimum atomic E-state index is -0.743. The van der Waals surface area contributed by atoms with Crippen LogP contribution in [-0.2, 0) is 11.8 Å². The van der Waals surface area contributed by atoms with E-state index in [0.717, 1.165) is 28.7 Å². The van der Waals surface area contributed by atoms with Crippen molar-refractivity contribution in [2.45, 2.75) is 18.8 Å². The molecular weight excluding hydrogens is 384 g/mol. The van der Waals surface area contributed by atoms with Gasteiger partial charge >= 0.3 is 0 Å². The van der Waals surface area contributed by atoms with E-state index in [1.807, 2.05) is 36.4 Å². The van der Waals surface area contributed by atoms with Crippen molar-refractivity contribution >= 4 is 6.29 Å². The molecule has 154 valence electrons. The highest BCUT2D eigenvalue weighted by Crippen LogP contribution is 2.46. The number of aryl methyl sites for hydroxylation is 1. The number of aromatic hydroxyl groups is 2. The summed E-state index contributed by atoms with van der Waals surface area (Å²) in [6.07, 6.45) is 1.61. The predicted octanol–water partition coefficient (Wildman–Crippen LogP) is 5.86. The minimum absolute atomic E-state index is 0.0484. The first-order valence-corrected chi connectivity index (χ1v) is 10.3. The molecule has 3 nitrogen and oxygen atoms in total. The summed E-state index contributed by atoms with van der Waals surface area (Å²) in [4.78, 5) is 11.7. The summed E-state index contributed by atoms with van der Waals surface area (Å²) >= 11 is 0. The molecule has 0 spiro atoms. The van der Waals surface area contributed by atoms with Crippen molar-refractivity contribution in [1.82, 2.24) is 0 Å². The second-order valence-electron chi connectivity index (χ2n) is 7.60. The molecule has 0 aliphatic carbocycles. The maximum absolute atomic E-state index is 11.7. The lowest BCUT2D eigenvalue weighted by Crippen LogP contribution is -2.31. The topological polar surface area (TPSA) is 57.5 Å². The van der Waals surface area contributed by atoms with Crippen molar-refractivity contribution in [1.29, 1.82) is 0 Å². The van der Waals surface area contributed by atoms with E-state index >= 15 is 0 Å². The van der Waals surface area contributed by atoms with Gasteiger partial charge in [-0.05, 0) is 58.5 Å². The molecule has 0 aliphatic heterocycles. The molecule has 31 heavy (non-hydrogen) atoms. The lowest BCUT2D eigenvalue weighted by Gasteiger charge is -2.37. The zero-order valence-corrected chi connectivity index (χ0v) is 17.3. The van der Waals surface area contributed by atoms with Gasteiger partial charge in [0.15, 0.2) is 6.29 Å². The van der Waals surface area contributed by atoms with Crippen molar-refractivity contribution in [3.63, 3.8) is 0 Å². The normalized spacial score (nSPS) is 12.8.